The fraction of sp³-hybridized carbons (Fsp3) is 0.571. The van der Waals surface area contributed by atoms with Crippen molar-refractivity contribution in [1.82, 2.24) is 10.2 Å². The van der Waals surface area contributed by atoms with Crippen LogP contribution in [0.5, 0.6) is 5.75 Å². The molecule has 0 radical (unpaired) electrons. The van der Waals surface area contributed by atoms with Crippen LogP contribution in [0.25, 0.3) is 0 Å². The van der Waals surface area contributed by atoms with Crippen LogP contribution in [-0.4, -0.2) is 36.7 Å². The van der Waals surface area contributed by atoms with Crippen molar-refractivity contribution < 1.29 is 13.5 Å². The first-order valence-electron chi connectivity index (χ1n) is 6.47. The van der Waals surface area contributed by atoms with E-state index in [-0.39, 0.29) is 11.3 Å². The summed E-state index contributed by atoms with van der Waals surface area (Å²) in [6.45, 7) is 4.85. The number of halogens is 2. The quantitative estimate of drug-likeness (QED) is 0.909. The number of piperazine rings is 1. The minimum absolute atomic E-state index is 0.0101. The summed E-state index contributed by atoms with van der Waals surface area (Å²) >= 11 is 0. The number of para-hydroxylation sites is 1. The fourth-order valence-corrected chi connectivity index (χ4v) is 2.37. The molecular weight excluding hydrogens is 250 g/mol. The SMILES string of the molecule is CC1(C)CNCCN1Cc1ccccc1OC(F)F. The second kappa shape index (κ2) is 5.84. The average molecular weight is 270 g/mol. The molecule has 1 N–H and O–H groups in total. The van der Waals surface area contributed by atoms with E-state index in [2.05, 4.69) is 28.8 Å². The molecule has 1 saturated heterocycles. The summed E-state index contributed by atoms with van der Waals surface area (Å²) in [5, 5.41) is 3.34. The number of nitrogens with zero attached hydrogens (tertiary/aromatic N) is 1. The van der Waals surface area contributed by atoms with Crippen LogP contribution in [-0.2, 0) is 6.54 Å². The predicted molar refractivity (Wildman–Crippen MR) is 70.4 cm³/mol. The van der Waals surface area contributed by atoms with Crippen LogP contribution in [0.3, 0.4) is 0 Å². The van der Waals surface area contributed by atoms with Gasteiger partial charge in [0.15, 0.2) is 0 Å². The lowest BCUT2D eigenvalue weighted by atomic mass is 9.99. The van der Waals surface area contributed by atoms with Crippen LogP contribution in [0.1, 0.15) is 19.4 Å². The smallest absolute Gasteiger partial charge is 0.387 e. The van der Waals surface area contributed by atoms with Gasteiger partial charge in [-0.2, -0.15) is 8.78 Å². The van der Waals surface area contributed by atoms with E-state index in [4.69, 9.17) is 0 Å². The van der Waals surface area contributed by atoms with Crippen LogP contribution in [0.4, 0.5) is 8.78 Å². The Balaban J connectivity index is 2.13. The predicted octanol–water partition coefficient (Wildman–Crippen LogP) is 2.47. The van der Waals surface area contributed by atoms with Crippen molar-refractivity contribution in [2.45, 2.75) is 32.5 Å². The zero-order chi connectivity index (χ0) is 13.9. The summed E-state index contributed by atoms with van der Waals surface area (Å²) in [5.41, 5.74) is 0.814. The molecule has 19 heavy (non-hydrogen) atoms. The van der Waals surface area contributed by atoms with Crippen molar-refractivity contribution in [1.29, 1.82) is 0 Å². The molecule has 1 fully saturated rings. The molecule has 2 rings (SSSR count). The standard InChI is InChI=1S/C14H20F2N2O/c1-14(2)10-17-7-8-18(14)9-11-5-3-4-6-12(11)19-13(15)16/h3-6,13,17H,7-10H2,1-2H3. The van der Waals surface area contributed by atoms with Gasteiger partial charge in [0.25, 0.3) is 0 Å². The van der Waals surface area contributed by atoms with E-state index in [1.807, 2.05) is 12.1 Å². The van der Waals surface area contributed by atoms with E-state index in [1.165, 1.54) is 0 Å². The molecule has 0 aliphatic carbocycles. The second-order valence-corrected chi connectivity index (χ2v) is 5.40. The number of alkyl halides is 2. The summed E-state index contributed by atoms with van der Waals surface area (Å²) in [7, 11) is 0. The van der Waals surface area contributed by atoms with Gasteiger partial charge in [-0.05, 0) is 19.9 Å². The molecule has 5 heteroatoms. The largest absolute Gasteiger partial charge is 0.434 e. The summed E-state index contributed by atoms with van der Waals surface area (Å²) in [5.74, 6) is 0.270. The molecule has 0 spiro atoms. The topological polar surface area (TPSA) is 24.5 Å². The Morgan fingerprint density at radius 2 is 2.11 bits per heavy atom. The highest BCUT2D eigenvalue weighted by Crippen LogP contribution is 2.25. The van der Waals surface area contributed by atoms with Gasteiger partial charge in [-0.25, -0.2) is 0 Å². The van der Waals surface area contributed by atoms with Crippen molar-refractivity contribution in [3.8, 4) is 5.75 Å². The molecule has 106 valence electrons. The lowest BCUT2D eigenvalue weighted by Gasteiger charge is -2.43. The summed E-state index contributed by atoms with van der Waals surface area (Å²) in [4.78, 5) is 2.29. The van der Waals surface area contributed by atoms with E-state index in [1.54, 1.807) is 12.1 Å². The zero-order valence-electron chi connectivity index (χ0n) is 11.3. The normalized spacial score (nSPS) is 19.6. The van der Waals surface area contributed by atoms with Gasteiger partial charge in [0.05, 0.1) is 0 Å². The number of benzene rings is 1. The van der Waals surface area contributed by atoms with Gasteiger partial charge >= 0.3 is 6.61 Å². The van der Waals surface area contributed by atoms with Crippen LogP contribution in [0, 0.1) is 0 Å². The molecule has 1 aromatic rings. The Kier molecular flexibility index (Phi) is 4.37. The van der Waals surface area contributed by atoms with Gasteiger partial charge in [0.2, 0.25) is 0 Å². The maximum Gasteiger partial charge on any atom is 0.387 e. The lowest BCUT2D eigenvalue weighted by Crippen LogP contribution is -2.57. The first-order valence-corrected chi connectivity index (χ1v) is 6.47. The molecule has 1 aliphatic rings. The maximum atomic E-state index is 12.4. The van der Waals surface area contributed by atoms with Gasteiger partial charge in [0.1, 0.15) is 5.75 Å². The molecule has 0 saturated carbocycles. The third kappa shape index (κ3) is 3.64. The minimum atomic E-state index is -2.78. The second-order valence-electron chi connectivity index (χ2n) is 5.40. The molecule has 0 unspecified atom stereocenters. The number of nitrogens with one attached hydrogen (secondary N) is 1. The van der Waals surface area contributed by atoms with Crippen LogP contribution in [0.2, 0.25) is 0 Å². The Labute approximate surface area is 112 Å². The van der Waals surface area contributed by atoms with Gasteiger partial charge in [-0.1, -0.05) is 18.2 Å². The Morgan fingerprint density at radius 1 is 1.37 bits per heavy atom. The van der Waals surface area contributed by atoms with Gasteiger partial charge in [0, 0.05) is 37.3 Å². The molecule has 3 nitrogen and oxygen atoms in total. The van der Waals surface area contributed by atoms with Gasteiger partial charge in [-0.15, -0.1) is 0 Å². The fourth-order valence-electron chi connectivity index (χ4n) is 2.37. The molecule has 1 aliphatic heterocycles. The number of hydrogen-bond acceptors (Lipinski definition) is 3. The van der Waals surface area contributed by atoms with E-state index in [9.17, 15) is 8.78 Å². The van der Waals surface area contributed by atoms with Crippen molar-refractivity contribution in [3.05, 3.63) is 29.8 Å². The van der Waals surface area contributed by atoms with Crippen LogP contribution >= 0.6 is 0 Å². The molecule has 1 heterocycles. The molecule has 0 bridgehead atoms. The average Bonchev–Trinajstić information content (AvgIpc) is 2.33. The Hall–Kier alpha value is -1.20. The first kappa shape index (κ1) is 14.2. The number of ether oxygens (including phenoxy) is 1. The van der Waals surface area contributed by atoms with Crippen molar-refractivity contribution in [3.63, 3.8) is 0 Å². The third-order valence-corrected chi connectivity index (χ3v) is 3.52. The maximum absolute atomic E-state index is 12.4. The Morgan fingerprint density at radius 3 is 2.79 bits per heavy atom. The van der Waals surface area contributed by atoms with Crippen LogP contribution in [0.15, 0.2) is 24.3 Å². The highest BCUT2D eigenvalue weighted by Gasteiger charge is 2.30. The van der Waals surface area contributed by atoms with E-state index < -0.39 is 6.61 Å². The van der Waals surface area contributed by atoms with Gasteiger partial charge in [-0.3, -0.25) is 4.90 Å². The van der Waals surface area contributed by atoms with Crippen molar-refractivity contribution >= 4 is 0 Å². The van der Waals surface area contributed by atoms with E-state index in [0.29, 0.717) is 6.54 Å². The van der Waals surface area contributed by atoms with E-state index >= 15 is 0 Å². The number of rotatable bonds is 4. The van der Waals surface area contributed by atoms with Crippen molar-refractivity contribution in [2.24, 2.45) is 0 Å². The van der Waals surface area contributed by atoms with Crippen LogP contribution < -0.4 is 10.1 Å². The monoisotopic (exact) mass is 270 g/mol. The third-order valence-electron chi connectivity index (χ3n) is 3.52. The molecular formula is C14H20F2N2O. The molecule has 1 aromatic carbocycles. The highest BCUT2D eigenvalue weighted by molar-refractivity contribution is 5.33. The zero-order valence-corrected chi connectivity index (χ0v) is 11.3. The number of hydrogen-bond donors (Lipinski definition) is 1. The summed E-state index contributed by atoms with van der Waals surface area (Å²) < 4.78 is 29.3. The summed E-state index contributed by atoms with van der Waals surface area (Å²) in [6, 6.07) is 7.00. The molecule has 0 aromatic heterocycles. The summed E-state index contributed by atoms with van der Waals surface area (Å²) in [6.07, 6.45) is 0. The first-order chi connectivity index (χ1) is 8.99. The van der Waals surface area contributed by atoms with E-state index in [0.717, 1.165) is 25.2 Å². The van der Waals surface area contributed by atoms with Crippen molar-refractivity contribution in [2.75, 3.05) is 19.6 Å². The molecule has 0 atom stereocenters. The highest BCUT2D eigenvalue weighted by atomic mass is 19.3. The van der Waals surface area contributed by atoms with Gasteiger partial charge < -0.3 is 10.1 Å². The Bertz CT molecular complexity index is 424. The lowest BCUT2D eigenvalue weighted by molar-refractivity contribution is -0.0511. The molecule has 0 amide bonds. The minimum Gasteiger partial charge on any atom is -0.434 e.